The number of carbonyl (C=O) groups is 1. The van der Waals surface area contributed by atoms with Crippen molar-refractivity contribution in [2.45, 2.75) is 51.1 Å². The summed E-state index contributed by atoms with van der Waals surface area (Å²) >= 11 is 6.27. The Balaban J connectivity index is 1.33. The van der Waals surface area contributed by atoms with E-state index in [4.69, 9.17) is 11.6 Å². The number of halogens is 1. The number of aromatic nitrogens is 4. The Labute approximate surface area is 215 Å². The van der Waals surface area contributed by atoms with Crippen LogP contribution >= 0.6 is 11.6 Å². The van der Waals surface area contributed by atoms with E-state index >= 15 is 0 Å². The molecule has 7 nitrogen and oxygen atoms in total. The molecule has 1 aromatic heterocycles. The Morgan fingerprint density at radius 3 is 2.39 bits per heavy atom. The van der Waals surface area contributed by atoms with Gasteiger partial charge in [0.05, 0.1) is 0 Å². The van der Waals surface area contributed by atoms with Gasteiger partial charge in [-0.3, -0.25) is 10.1 Å². The Bertz CT molecular complexity index is 1270. The third-order valence-electron chi connectivity index (χ3n) is 6.76. The molecule has 0 aliphatic heterocycles. The van der Waals surface area contributed by atoms with Crippen molar-refractivity contribution in [2.75, 3.05) is 10.2 Å². The normalized spacial score (nSPS) is 13.9. The van der Waals surface area contributed by atoms with E-state index in [9.17, 15) is 4.79 Å². The molecule has 0 atom stereocenters. The Kier molecular flexibility index (Phi) is 7.57. The molecule has 1 aliphatic carbocycles. The van der Waals surface area contributed by atoms with Gasteiger partial charge in [-0.05, 0) is 77.1 Å². The highest BCUT2D eigenvalue weighted by atomic mass is 35.5. The highest BCUT2D eigenvalue weighted by molar-refractivity contribution is 6.30. The summed E-state index contributed by atoms with van der Waals surface area (Å²) in [5.74, 6) is 0.547. The first kappa shape index (κ1) is 24.0. The summed E-state index contributed by atoms with van der Waals surface area (Å²) in [6.07, 6.45) is 6.60. The van der Waals surface area contributed by atoms with Crippen molar-refractivity contribution in [2.24, 2.45) is 0 Å². The van der Waals surface area contributed by atoms with E-state index in [1.807, 2.05) is 42.5 Å². The van der Waals surface area contributed by atoms with Gasteiger partial charge in [-0.2, -0.15) is 5.21 Å². The average Bonchev–Trinajstić information content (AvgIpc) is 3.42. The topological polar surface area (TPSA) is 86.8 Å². The first-order valence-electron chi connectivity index (χ1n) is 12.4. The number of amides is 1. The zero-order chi connectivity index (χ0) is 24.7. The molecular formula is C28H29ClN6O. The molecule has 8 heteroatoms. The van der Waals surface area contributed by atoms with Gasteiger partial charge in [0.2, 0.25) is 0 Å². The van der Waals surface area contributed by atoms with E-state index in [2.05, 4.69) is 61.2 Å². The molecule has 4 aromatic rings. The Hall–Kier alpha value is -3.71. The molecule has 3 aromatic carbocycles. The van der Waals surface area contributed by atoms with Gasteiger partial charge in [0.15, 0.2) is 0 Å². The number of anilines is 2. The lowest BCUT2D eigenvalue weighted by Crippen LogP contribution is -2.22. The van der Waals surface area contributed by atoms with Crippen molar-refractivity contribution >= 4 is 29.1 Å². The van der Waals surface area contributed by atoms with Gasteiger partial charge in [-0.15, -0.1) is 5.10 Å². The summed E-state index contributed by atoms with van der Waals surface area (Å²) in [7, 11) is 0. The molecule has 1 amide bonds. The summed E-state index contributed by atoms with van der Waals surface area (Å²) in [5, 5.41) is 16.6. The molecule has 0 bridgehead atoms. The summed E-state index contributed by atoms with van der Waals surface area (Å²) in [6, 6.07) is 24.6. The summed E-state index contributed by atoms with van der Waals surface area (Å²) in [4.78, 5) is 14.8. The highest BCUT2D eigenvalue weighted by Crippen LogP contribution is 2.34. The van der Waals surface area contributed by atoms with Crippen LogP contribution in [-0.4, -0.2) is 26.5 Å². The molecular weight excluding hydrogens is 472 g/mol. The van der Waals surface area contributed by atoms with Gasteiger partial charge in [-0.25, -0.2) is 0 Å². The third-order valence-corrected chi connectivity index (χ3v) is 6.99. The standard InChI is InChI=1S/C28H29ClN6O/c29-25-8-4-5-21(17-25)19-35(26-15-13-23(14-16-26)22-6-2-1-3-7-22)18-20-9-11-24(12-10-20)27(36)30-28-31-33-34-32-28/h4-5,8-17,22H,1-3,6-7,18-19H2,(H2,30,31,32,33,34,36). The van der Waals surface area contributed by atoms with Crippen molar-refractivity contribution in [1.82, 2.24) is 20.6 Å². The number of nitrogens with one attached hydrogen (secondary N) is 2. The van der Waals surface area contributed by atoms with Crippen LogP contribution in [0.25, 0.3) is 0 Å². The molecule has 184 valence electrons. The quantitative estimate of drug-likeness (QED) is 0.294. The maximum absolute atomic E-state index is 12.4. The first-order chi connectivity index (χ1) is 17.6. The number of benzene rings is 3. The lowest BCUT2D eigenvalue weighted by Gasteiger charge is -2.27. The number of tetrazole rings is 1. The van der Waals surface area contributed by atoms with Crippen LogP contribution in [0.5, 0.6) is 0 Å². The minimum absolute atomic E-state index is 0.147. The fraction of sp³-hybridized carbons (Fsp3) is 0.286. The number of carbonyl (C=O) groups excluding carboxylic acids is 1. The van der Waals surface area contributed by atoms with Crippen LogP contribution in [-0.2, 0) is 13.1 Å². The predicted octanol–water partition coefficient (Wildman–Crippen LogP) is 6.36. The van der Waals surface area contributed by atoms with Crippen molar-refractivity contribution in [3.8, 4) is 0 Å². The lowest BCUT2D eigenvalue weighted by atomic mass is 9.84. The zero-order valence-electron chi connectivity index (χ0n) is 20.0. The monoisotopic (exact) mass is 500 g/mol. The molecule has 0 radical (unpaired) electrons. The summed E-state index contributed by atoms with van der Waals surface area (Å²) in [6.45, 7) is 1.42. The SMILES string of the molecule is O=C(Nc1nn[nH]n1)c1ccc(CN(Cc2cccc(Cl)c2)c2ccc(C3CCCCC3)cc2)cc1. The Morgan fingerprint density at radius 2 is 1.69 bits per heavy atom. The highest BCUT2D eigenvalue weighted by Gasteiger charge is 2.17. The minimum atomic E-state index is -0.281. The minimum Gasteiger partial charge on any atom is -0.363 e. The molecule has 2 N–H and O–H groups in total. The third kappa shape index (κ3) is 6.10. The maximum Gasteiger partial charge on any atom is 0.270 e. The average molecular weight is 501 g/mol. The van der Waals surface area contributed by atoms with E-state index < -0.39 is 0 Å². The number of aromatic amines is 1. The number of hydrogen-bond acceptors (Lipinski definition) is 5. The molecule has 0 spiro atoms. The van der Waals surface area contributed by atoms with Gasteiger partial charge >= 0.3 is 0 Å². The van der Waals surface area contributed by atoms with Gasteiger partial charge in [0, 0.05) is 29.4 Å². The largest absolute Gasteiger partial charge is 0.363 e. The number of rotatable bonds is 8. The molecule has 1 aliphatic rings. The smallest absolute Gasteiger partial charge is 0.270 e. The van der Waals surface area contributed by atoms with E-state index in [1.165, 1.54) is 37.7 Å². The van der Waals surface area contributed by atoms with Crippen molar-refractivity contribution in [3.63, 3.8) is 0 Å². The van der Waals surface area contributed by atoms with E-state index in [0.717, 1.165) is 28.4 Å². The van der Waals surface area contributed by atoms with Gasteiger partial charge in [0.25, 0.3) is 11.9 Å². The lowest BCUT2D eigenvalue weighted by molar-refractivity contribution is 0.102. The molecule has 1 heterocycles. The van der Waals surface area contributed by atoms with Crippen LogP contribution in [0, 0.1) is 0 Å². The van der Waals surface area contributed by atoms with Crippen LogP contribution < -0.4 is 10.2 Å². The molecule has 5 rings (SSSR count). The second-order valence-electron chi connectivity index (χ2n) is 9.30. The van der Waals surface area contributed by atoms with Crippen molar-refractivity contribution in [1.29, 1.82) is 0 Å². The second-order valence-corrected chi connectivity index (χ2v) is 9.74. The number of H-pyrrole nitrogens is 1. The summed E-state index contributed by atoms with van der Waals surface area (Å²) in [5.41, 5.74) is 5.38. The van der Waals surface area contributed by atoms with Crippen molar-refractivity contribution < 1.29 is 4.79 Å². The Morgan fingerprint density at radius 1 is 0.944 bits per heavy atom. The van der Waals surface area contributed by atoms with Crippen LogP contribution in [0.1, 0.15) is 65.1 Å². The van der Waals surface area contributed by atoms with E-state index in [0.29, 0.717) is 18.0 Å². The fourth-order valence-corrected chi connectivity index (χ4v) is 5.07. The predicted molar refractivity (Wildman–Crippen MR) is 142 cm³/mol. The fourth-order valence-electron chi connectivity index (χ4n) is 4.86. The van der Waals surface area contributed by atoms with Crippen LogP contribution in [0.3, 0.4) is 0 Å². The number of hydrogen-bond donors (Lipinski definition) is 2. The van der Waals surface area contributed by atoms with Crippen molar-refractivity contribution in [3.05, 3.63) is 100 Å². The van der Waals surface area contributed by atoms with Gasteiger partial charge in [-0.1, -0.05) is 72.4 Å². The van der Waals surface area contributed by atoms with Gasteiger partial charge in [0.1, 0.15) is 0 Å². The molecule has 1 fully saturated rings. The molecule has 0 saturated heterocycles. The zero-order valence-corrected chi connectivity index (χ0v) is 20.8. The molecule has 36 heavy (non-hydrogen) atoms. The molecule has 1 saturated carbocycles. The molecule has 0 unspecified atom stereocenters. The van der Waals surface area contributed by atoms with E-state index in [1.54, 1.807) is 0 Å². The number of nitrogens with zero attached hydrogens (tertiary/aromatic N) is 4. The second kappa shape index (κ2) is 11.4. The summed E-state index contributed by atoms with van der Waals surface area (Å²) < 4.78 is 0. The first-order valence-corrected chi connectivity index (χ1v) is 12.7. The van der Waals surface area contributed by atoms with Gasteiger partial charge < -0.3 is 4.90 Å². The van der Waals surface area contributed by atoms with Crippen LogP contribution in [0.15, 0.2) is 72.8 Å². The maximum atomic E-state index is 12.4. The van der Waals surface area contributed by atoms with E-state index in [-0.39, 0.29) is 11.9 Å². The van der Waals surface area contributed by atoms with Crippen LogP contribution in [0.4, 0.5) is 11.6 Å². The van der Waals surface area contributed by atoms with Crippen LogP contribution in [0.2, 0.25) is 5.02 Å².